The van der Waals surface area contributed by atoms with Gasteiger partial charge in [-0.25, -0.2) is 9.37 Å². The van der Waals surface area contributed by atoms with Crippen molar-refractivity contribution in [2.75, 3.05) is 0 Å². The van der Waals surface area contributed by atoms with Crippen molar-refractivity contribution in [2.45, 2.75) is 45.6 Å². The molecule has 0 fully saturated rings. The van der Waals surface area contributed by atoms with Gasteiger partial charge in [-0.05, 0) is 18.6 Å². The minimum absolute atomic E-state index is 0.275. The first-order chi connectivity index (χ1) is 9.31. The summed E-state index contributed by atoms with van der Waals surface area (Å²) < 4.78 is 15.4. The molecule has 0 bridgehead atoms. The minimum Gasteiger partial charge on any atom is -0.252 e. The van der Waals surface area contributed by atoms with Gasteiger partial charge in [0.25, 0.3) is 0 Å². The molecule has 0 saturated carbocycles. The third-order valence-corrected chi connectivity index (χ3v) is 3.14. The lowest BCUT2D eigenvalue weighted by atomic mass is 10.1. The molecule has 0 atom stereocenters. The van der Waals surface area contributed by atoms with Crippen LogP contribution in [0.25, 0.3) is 11.4 Å². The Hall–Kier alpha value is -1.71. The van der Waals surface area contributed by atoms with E-state index in [-0.39, 0.29) is 5.82 Å². The van der Waals surface area contributed by atoms with E-state index >= 15 is 0 Å². The predicted molar refractivity (Wildman–Crippen MR) is 74.2 cm³/mol. The van der Waals surface area contributed by atoms with E-state index in [0.29, 0.717) is 11.4 Å². The highest BCUT2D eigenvalue weighted by molar-refractivity contribution is 5.54. The number of aryl methyl sites for hydroxylation is 1. The average Bonchev–Trinajstić information content (AvgIpc) is 2.88. The molecule has 0 N–H and O–H groups in total. The Morgan fingerprint density at radius 3 is 2.68 bits per heavy atom. The van der Waals surface area contributed by atoms with Crippen molar-refractivity contribution < 1.29 is 4.39 Å². The minimum atomic E-state index is -0.275. The van der Waals surface area contributed by atoms with E-state index in [1.807, 2.05) is 0 Å². The lowest BCUT2D eigenvalue weighted by Gasteiger charge is -2.00. The Labute approximate surface area is 113 Å². The standard InChI is InChI=1S/C15H20FN3/c1-2-3-4-5-8-11-19-12-17-15(18-19)13-9-6-7-10-14(13)16/h6-7,9-10,12H,2-5,8,11H2,1H3. The summed E-state index contributed by atoms with van der Waals surface area (Å²) in [6.45, 7) is 3.06. The quantitative estimate of drug-likeness (QED) is 0.704. The molecule has 0 amide bonds. The highest BCUT2D eigenvalue weighted by atomic mass is 19.1. The van der Waals surface area contributed by atoms with E-state index in [1.165, 1.54) is 31.7 Å². The Kier molecular flexibility index (Phi) is 5.07. The molecule has 0 spiro atoms. The van der Waals surface area contributed by atoms with E-state index in [9.17, 15) is 4.39 Å². The Morgan fingerprint density at radius 1 is 1.11 bits per heavy atom. The largest absolute Gasteiger partial charge is 0.252 e. The van der Waals surface area contributed by atoms with Gasteiger partial charge >= 0.3 is 0 Å². The van der Waals surface area contributed by atoms with Crippen LogP contribution in [0, 0.1) is 5.82 Å². The van der Waals surface area contributed by atoms with E-state index in [4.69, 9.17) is 0 Å². The molecule has 1 aromatic heterocycles. The van der Waals surface area contributed by atoms with Gasteiger partial charge in [0.1, 0.15) is 12.1 Å². The Bertz CT molecular complexity index is 508. The molecule has 102 valence electrons. The van der Waals surface area contributed by atoms with Crippen LogP contribution in [-0.2, 0) is 6.54 Å². The number of hydrogen-bond acceptors (Lipinski definition) is 2. The second-order valence-electron chi connectivity index (χ2n) is 4.73. The zero-order valence-electron chi connectivity index (χ0n) is 11.3. The maximum atomic E-state index is 13.6. The lowest BCUT2D eigenvalue weighted by Crippen LogP contribution is -1.99. The zero-order chi connectivity index (χ0) is 13.5. The first-order valence-electron chi connectivity index (χ1n) is 6.95. The highest BCUT2D eigenvalue weighted by Crippen LogP contribution is 2.17. The topological polar surface area (TPSA) is 30.7 Å². The van der Waals surface area contributed by atoms with Crippen LogP contribution in [0.1, 0.15) is 39.0 Å². The number of halogens is 1. The van der Waals surface area contributed by atoms with Crippen molar-refractivity contribution in [3.8, 4) is 11.4 Å². The molecular formula is C15H20FN3. The SMILES string of the molecule is CCCCCCCn1cnc(-c2ccccc2F)n1. The fraction of sp³-hybridized carbons (Fsp3) is 0.467. The van der Waals surface area contributed by atoms with Gasteiger partial charge in [0.15, 0.2) is 5.82 Å². The normalized spacial score (nSPS) is 10.8. The van der Waals surface area contributed by atoms with Crippen molar-refractivity contribution in [1.29, 1.82) is 0 Å². The zero-order valence-corrected chi connectivity index (χ0v) is 11.3. The van der Waals surface area contributed by atoms with Crippen LogP contribution in [-0.4, -0.2) is 14.8 Å². The van der Waals surface area contributed by atoms with Crippen LogP contribution < -0.4 is 0 Å². The number of hydrogen-bond donors (Lipinski definition) is 0. The number of unbranched alkanes of at least 4 members (excludes halogenated alkanes) is 4. The van der Waals surface area contributed by atoms with E-state index in [2.05, 4.69) is 17.0 Å². The van der Waals surface area contributed by atoms with Crippen LogP contribution in [0.15, 0.2) is 30.6 Å². The van der Waals surface area contributed by atoms with E-state index in [0.717, 1.165) is 13.0 Å². The van der Waals surface area contributed by atoms with Gasteiger partial charge in [-0.1, -0.05) is 44.7 Å². The molecule has 1 heterocycles. The van der Waals surface area contributed by atoms with Crippen LogP contribution >= 0.6 is 0 Å². The first kappa shape index (κ1) is 13.7. The summed E-state index contributed by atoms with van der Waals surface area (Å²) in [6, 6.07) is 6.60. The van der Waals surface area contributed by atoms with Crippen LogP contribution in [0.2, 0.25) is 0 Å². The van der Waals surface area contributed by atoms with Gasteiger partial charge in [0.2, 0.25) is 0 Å². The molecule has 3 nitrogen and oxygen atoms in total. The molecule has 0 saturated heterocycles. The molecule has 2 rings (SSSR count). The summed E-state index contributed by atoms with van der Waals surface area (Å²) >= 11 is 0. The maximum Gasteiger partial charge on any atom is 0.184 e. The van der Waals surface area contributed by atoms with Gasteiger partial charge in [0, 0.05) is 6.54 Å². The van der Waals surface area contributed by atoms with Crippen LogP contribution in [0.5, 0.6) is 0 Å². The van der Waals surface area contributed by atoms with Gasteiger partial charge < -0.3 is 0 Å². The van der Waals surface area contributed by atoms with Gasteiger partial charge in [0.05, 0.1) is 5.56 Å². The molecule has 0 aliphatic carbocycles. The first-order valence-corrected chi connectivity index (χ1v) is 6.95. The summed E-state index contributed by atoms with van der Waals surface area (Å²) in [5.41, 5.74) is 0.465. The molecule has 19 heavy (non-hydrogen) atoms. The number of nitrogens with zero attached hydrogens (tertiary/aromatic N) is 3. The molecule has 4 heteroatoms. The molecular weight excluding hydrogens is 241 g/mol. The number of benzene rings is 1. The fourth-order valence-corrected chi connectivity index (χ4v) is 2.05. The molecule has 1 aromatic carbocycles. The van der Waals surface area contributed by atoms with Crippen LogP contribution in [0.4, 0.5) is 4.39 Å². The molecule has 0 radical (unpaired) electrons. The second-order valence-corrected chi connectivity index (χ2v) is 4.73. The lowest BCUT2D eigenvalue weighted by molar-refractivity contribution is 0.532. The molecule has 0 aliphatic heterocycles. The van der Waals surface area contributed by atoms with E-state index < -0.39 is 0 Å². The average molecular weight is 261 g/mol. The third kappa shape index (κ3) is 3.88. The second kappa shape index (κ2) is 7.02. The summed E-state index contributed by atoms with van der Waals surface area (Å²) in [7, 11) is 0. The summed E-state index contributed by atoms with van der Waals surface area (Å²) in [6.07, 6.45) is 7.80. The fourth-order valence-electron chi connectivity index (χ4n) is 2.05. The predicted octanol–water partition coefficient (Wildman–Crippen LogP) is 4.05. The van der Waals surface area contributed by atoms with Crippen molar-refractivity contribution in [2.24, 2.45) is 0 Å². The maximum absolute atomic E-state index is 13.6. The van der Waals surface area contributed by atoms with Crippen molar-refractivity contribution in [1.82, 2.24) is 14.8 Å². The monoisotopic (exact) mass is 261 g/mol. The van der Waals surface area contributed by atoms with E-state index in [1.54, 1.807) is 29.2 Å². The molecule has 0 unspecified atom stereocenters. The van der Waals surface area contributed by atoms with Gasteiger partial charge in [-0.2, -0.15) is 5.10 Å². The summed E-state index contributed by atoms with van der Waals surface area (Å²) in [5.74, 6) is 0.190. The van der Waals surface area contributed by atoms with Crippen molar-refractivity contribution >= 4 is 0 Å². The summed E-state index contributed by atoms with van der Waals surface area (Å²) in [4.78, 5) is 4.17. The molecule has 0 aliphatic rings. The number of rotatable bonds is 7. The highest BCUT2D eigenvalue weighted by Gasteiger charge is 2.08. The van der Waals surface area contributed by atoms with Gasteiger partial charge in [-0.3, -0.25) is 4.68 Å². The molecule has 2 aromatic rings. The van der Waals surface area contributed by atoms with Crippen molar-refractivity contribution in [3.05, 3.63) is 36.4 Å². The number of aromatic nitrogens is 3. The Morgan fingerprint density at radius 2 is 1.89 bits per heavy atom. The van der Waals surface area contributed by atoms with Crippen molar-refractivity contribution in [3.63, 3.8) is 0 Å². The summed E-state index contributed by atoms with van der Waals surface area (Å²) in [5, 5.41) is 4.32. The third-order valence-electron chi connectivity index (χ3n) is 3.14. The van der Waals surface area contributed by atoms with Gasteiger partial charge in [-0.15, -0.1) is 0 Å². The Balaban J connectivity index is 1.91. The van der Waals surface area contributed by atoms with Crippen LogP contribution in [0.3, 0.4) is 0 Å². The smallest absolute Gasteiger partial charge is 0.184 e.